The third kappa shape index (κ3) is 8.55. The van der Waals surface area contributed by atoms with Crippen LogP contribution in [0.5, 0.6) is 0 Å². The summed E-state index contributed by atoms with van der Waals surface area (Å²) in [6.45, 7) is 6.65. The van der Waals surface area contributed by atoms with Crippen LogP contribution in [0.15, 0.2) is 0 Å². The summed E-state index contributed by atoms with van der Waals surface area (Å²) >= 11 is 0. The quantitative estimate of drug-likeness (QED) is 0.554. The van der Waals surface area contributed by atoms with Gasteiger partial charge in [0.15, 0.2) is 0 Å². The molecule has 0 radical (unpaired) electrons. The van der Waals surface area contributed by atoms with Gasteiger partial charge in [-0.2, -0.15) is 0 Å². The summed E-state index contributed by atoms with van der Waals surface area (Å²) in [7, 11) is 0. The number of aliphatic hydroxyl groups is 1. The molecule has 0 aromatic heterocycles. The van der Waals surface area contributed by atoms with Crippen molar-refractivity contribution in [2.24, 2.45) is 5.92 Å². The maximum atomic E-state index is 9.71. The third-order valence-electron chi connectivity index (χ3n) is 3.01. The number of hydrogen-bond acceptors (Lipinski definition) is 1. The van der Waals surface area contributed by atoms with Gasteiger partial charge in [-0.1, -0.05) is 59.3 Å². The zero-order valence-corrected chi connectivity index (χ0v) is 10.3. The van der Waals surface area contributed by atoms with Crippen LogP contribution < -0.4 is 0 Å². The van der Waals surface area contributed by atoms with Crippen molar-refractivity contribution in [3.05, 3.63) is 0 Å². The highest BCUT2D eigenvalue weighted by Crippen LogP contribution is 2.15. The lowest BCUT2D eigenvalue weighted by Crippen LogP contribution is -2.11. The summed E-state index contributed by atoms with van der Waals surface area (Å²) in [5.41, 5.74) is 0. The minimum Gasteiger partial charge on any atom is -0.393 e. The molecule has 2 atom stereocenters. The highest BCUT2D eigenvalue weighted by atomic mass is 16.3. The molecule has 0 fully saturated rings. The molecule has 2 unspecified atom stereocenters. The predicted octanol–water partition coefficient (Wildman–Crippen LogP) is 4.14. The van der Waals surface area contributed by atoms with E-state index in [1.165, 1.54) is 38.5 Å². The van der Waals surface area contributed by atoms with Crippen LogP contribution in [0.25, 0.3) is 0 Å². The van der Waals surface area contributed by atoms with Crippen LogP contribution >= 0.6 is 0 Å². The van der Waals surface area contributed by atoms with Crippen molar-refractivity contribution in [3.8, 4) is 0 Å². The van der Waals surface area contributed by atoms with Gasteiger partial charge in [-0.15, -0.1) is 0 Å². The first-order valence-electron chi connectivity index (χ1n) is 6.38. The Bertz CT molecular complexity index is 112. The van der Waals surface area contributed by atoms with Crippen molar-refractivity contribution < 1.29 is 5.11 Å². The molecule has 0 aliphatic heterocycles. The zero-order chi connectivity index (χ0) is 10.8. The number of hydrogen-bond donors (Lipinski definition) is 1. The van der Waals surface area contributed by atoms with Crippen LogP contribution in [0.4, 0.5) is 0 Å². The summed E-state index contributed by atoms with van der Waals surface area (Å²) < 4.78 is 0. The molecule has 0 saturated carbocycles. The molecule has 86 valence electrons. The van der Waals surface area contributed by atoms with Crippen LogP contribution in [0.3, 0.4) is 0 Å². The van der Waals surface area contributed by atoms with Crippen LogP contribution in [0.1, 0.15) is 72.1 Å². The van der Waals surface area contributed by atoms with Gasteiger partial charge >= 0.3 is 0 Å². The monoisotopic (exact) mass is 200 g/mol. The van der Waals surface area contributed by atoms with Gasteiger partial charge in [-0.3, -0.25) is 0 Å². The van der Waals surface area contributed by atoms with E-state index in [2.05, 4.69) is 20.8 Å². The minimum atomic E-state index is -0.0495. The largest absolute Gasteiger partial charge is 0.393 e. The van der Waals surface area contributed by atoms with Crippen molar-refractivity contribution in [1.29, 1.82) is 0 Å². The molecule has 1 N–H and O–H groups in total. The first kappa shape index (κ1) is 14.0. The van der Waals surface area contributed by atoms with Gasteiger partial charge < -0.3 is 5.11 Å². The topological polar surface area (TPSA) is 20.2 Å². The Morgan fingerprint density at radius 2 is 1.64 bits per heavy atom. The predicted molar refractivity (Wildman–Crippen MR) is 63.5 cm³/mol. The van der Waals surface area contributed by atoms with Crippen molar-refractivity contribution in [3.63, 3.8) is 0 Å². The van der Waals surface area contributed by atoms with Crippen LogP contribution in [-0.2, 0) is 0 Å². The van der Waals surface area contributed by atoms with E-state index in [9.17, 15) is 5.11 Å². The molecule has 14 heavy (non-hydrogen) atoms. The Kier molecular flexibility index (Phi) is 9.49. The fourth-order valence-corrected chi connectivity index (χ4v) is 1.73. The first-order valence-corrected chi connectivity index (χ1v) is 6.38. The average molecular weight is 200 g/mol. The maximum absolute atomic E-state index is 9.71. The van der Waals surface area contributed by atoms with Gasteiger partial charge in [0.1, 0.15) is 0 Å². The zero-order valence-electron chi connectivity index (χ0n) is 10.3. The minimum absolute atomic E-state index is 0.0495. The fraction of sp³-hybridized carbons (Fsp3) is 1.00. The highest BCUT2D eigenvalue weighted by Gasteiger charge is 2.07. The van der Waals surface area contributed by atoms with E-state index in [1.807, 2.05) is 0 Å². The molecule has 0 aromatic rings. The standard InChI is InChI=1S/C13H28O/c1-4-6-7-8-9-10-13(14)11-12(3)5-2/h12-14H,4-11H2,1-3H3. The Balaban J connectivity index is 3.22. The molecule has 1 nitrogen and oxygen atoms in total. The normalized spacial score (nSPS) is 15.4. The Morgan fingerprint density at radius 1 is 1.00 bits per heavy atom. The number of aliphatic hydroxyl groups excluding tert-OH is 1. The highest BCUT2D eigenvalue weighted by molar-refractivity contribution is 4.60. The fourth-order valence-electron chi connectivity index (χ4n) is 1.73. The molecule has 0 spiro atoms. The molecule has 0 bridgehead atoms. The van der Waals surface area contributed by atoms with Crippen LogP contribution in [0, 0.1) is 5.92 Å². The van der Waals surface area contributed by atoms with E-state index in [-0.39, 0.29) is 6.10 Å². The lowest BCUT2D eigenvalue weighted by atomic mass is 9.97. The summed E-state index contributed by atoms with van der Waals surface area (Å²) in [5, 5.41) is 9.71. The number of unbranched alkanes of at least 4 members (excludes halogenated alkanes) is 4. The molecule has 0 aromatic carbocycles. The van der Waals surface area contributed by atoms with Gasteiger partial charge in [0.05, 0.1) is 6.10 Å². The molecule has 0 aliphatic rings. The van der Waals surface area contributed by atoms with E-state index < -0.39 is 0 Å². The van der Waals surface area contributed by atoms with Gasteiger partial charge in [0.25, 0.3) is 0 Å². The lowest BCUT2D eigenvalue weighted by molar-refractivity contribution is 0.132. The van der Waals surface area contributed by atoms with Crippen LogP contribution in [-0.4, -0.2) is 11.2 Å². The van der Waals surface area contributed by atoms with E-state index in [0.29, 0.717) is 5.92 Å². The molecule has 0 heterocycles. The third-order valence-corrected chi connectivity index (χ3v) is 3.01. The summed E-state index contributed by atoms with van der Waals surface area (Å²) in [6, 6.07) is 0. The summed E-state index contributed by atoms with van der Waals surface area (Å²) in [6.07, 6.45) is 9.63. The van der Waals surface area contributed by atoms with E-state index in [1.54, 1.807) is 0 Å². The molecular weight excluding hydrogens is 172 g/mol. The molecular formula is C13H28O. The Labute approximate surface area is 89.9 Å². The summed E-state index contributed by atoms with van der Waals surface area (Å²) in [4.78, 5) is 0. The lowest BCUT2D eigenvalue weighted by Gasteiger charge is -2.14. The average Bonchev–Trinajstić information content (AvgIpc) is 2.17. The van der Waals surface area contributed by atoms with Crippen molar-refractivity contribution in [2.45, 2.75) is 78.2 Å². The van der Waals surface area contributed by atoms with Crippen molar-refractivity contribution in [2.75, 3.05) is 0 Å². The van der Waals surface area contributed by atoms with Crippen molar-refractivity contribution >= 4 is 0 Å². The molecule has 1 heteroatoms. The molecule has 0 saturated heterocycles. The van der Waals surface area contributed by atoms with Crippen molar-refractivity contribution in [1.82, 2.24) is 0 Å². The van der Waals surface area contributed by atoms with Gasteiger partial charge in [0, 0.05) is 0 Å². The number of rotatable bonds is 9. The maximum Gasteiger partial charge on any atom is 0.0542 e. The SMILES string of the molecule is CCCCCCCC(O)CC(C)CC. The smallest absolute Gasteiger partial charge is 0.0542 e. The molecule has 0 aliphatic carbocycles. The van der Waals surface area contributed by atoms with Gasteiger partial charge in [0.2, 0.25) is 0 Å². The van der Waals surface area contributed by atoms with Crippen LogP contribution in [0.2, 0.25) is 0 Å². The second-order valence-electron chi connectivity index (χ2n) is 4.61. The van der Waals surface area contributed by atoms with Gasteiger partial charge in [-0.05, 0) is 18.8 Å². The second kappa shape index (κ2) is 9.51. The molecule has 0 rings (SSSR count). The van der Waals surface area contributed by atoms with E-state index in [4.69, 9.17) is 0 Å². The van der Waals surface area contributed by atoms with E-state index >= 15 is 0 Å². The Hall–Kier alpha value is -0.0400. The summed E-state index contributed by atoms with van der Waals surface area (Å²) in [5.74, 6) is 0.681. The Morgan fingerprint density at radius 3 is 2.21 bits per heavy atom. The van der Waals surface area contributed by atoms with Gasteiger partial charge in [-0.25, -0.2) is 0 Å². The molecule has 0 amide bonds. The first-order chi connectivity index (χ1) is 6.70. The second-order valence-corrected chi connectivity index (χ2v) is 4.61. The van der Waals surface area contributed by atoms with E-state index in [0.717, 1.165) is 12.8 Å².